The van der Waals surface area contributed by atoms with E-state index in [4.69, 9.17) is 0 Å². The van der Waals surface area contributed by atoms with Crippen molar-refractivity contribution in [1.29, 1.82) is 0 Å². The number of phenols is 1. The number of piperazine rings is 1. The third kappa shape index (κ3) is 4.88. The van der Waals surface area contributed by atoms with Gasteiger partial charge < -0.3 is 20.2 Å². The highest BCUT2D eigenvalue weighted by Crippen LogP contribution is 2.20. The third-order valence-corrected chi connectivity index (χ3v) is 5.42. The molecule has 2 aromatic rings. The Bertz CT molecular complexity index is 856. The Morgan fingerprint density at radius 3 is 2.17 bits per heavy atom. The molecule has 0 radical (unpaired) electrons. The third-order valence-electron chi connectivity index (χ3n) is 5.42. The van der Waals surface area contributed by atoms with Crippen molar-refractivity contribution in [2.45, 2.75) is 26.8 Å². The normalized spacial score (nSPS) is 15.3. The summed E-state index contributed by atoms with van der Waals surface area (Å²) < 4.78 is 0. The molecule has 1 fully saturated rings. The molecule has 1 unspecified atom stereocenters. The number of carbonyl (C=O) groups excluding carboxylic acids is 2. The van der Waals surface area contributed by atoms with E-state index in [2.05, 4.69) is 10.2 Å². The van der Waals surface area contributed by atoms with Gasteiger partial charge in [-0.25, -0.2) is 0 Å². The van der Waals surface area contributed by atoms with Crippen molar-refractivity contribution in [3.8, 4) is 5.75 Å². The Morgan fingerprint density at radius 1 is 0.966 bits per heavy atom. The number of benzene rings is 2. The summed E-state index contributed by atoms with van der Waals surface area (Å²) in [7, 11) is 0. The SMILES string of the molecule is Cc1ccccc1C(=O)NC(C(=O)N1CCN(c2ccc(O)cc2)CC1)C(C)C. The Hall–Kier alpha value is -3.02. The van der Waals surface area contributed by atoms with Gasteiger partial charge in [0.15, 0.2) is 0 Å². The topological polar surface area (TPSA) is 72.9 Å². The second kappa shape index (κ2) is 8.99. The average Bonchev–Trinajstić information content (AvgIpc) is 2.72. The van der Waals surface area contributed by atoms with Gasteiger partial charge in [0, 0.05) is 37.4 Å². The molecule has 6 heteroatoms. The summed E-state index contributed by atoms with van der Waals surface area (Å²) in [6.45, 7) is 8.43. The van der Waals surface area contributed by atoms with Crippen LogP contribution in [0.25, 0.3) is 0 Å². The molecule has 0 aliphatic carbocycles. The molecule has 1 atom stereocenters. The highest BCUT2D eigenvalue weighted by Gasteiger charge is 2.31. The molecule has 29 heavy (non-hydrogen) atoms. The second-order valence-corrected chi connectivity index (χ2v) is 7.84. The maximum atomic E-state index is 13.1. The Morgan fingerprint density at radius 2 is 1.59 bits per heavy atom. The summed E-state index contributed by atoms with van der Waals surface area (Å²) in [6, 6.07) is 13.9. The summed E-state index contributed by atoms with van der Waals surface area (Å²) in [4.78, 5) is 29.9. The summed E-state index contributed by atoms with van der Waals surface area (Å²) >= 11 is 0. The minimum absolute atomic E-state index is 0.00871. The minimum Gasteiger partial charge on any atom is -0.508 e. The molecule has 1 aliphatic rings. The highest BCUT2D eigenvalue weighted by molar-refractivity contribution is 5.98. The predicted molar refractivity (Wildman–Crippen MR) is 114 cm³/mol. The second-order valence-electron chi connectivity index (χ2n) is 7.84. The number of hydrogen-bond donors (Lipinski definition) is 2. The highest BCUT2D eigenvalue weighted by atomic mass is 16.3. The molecule has 2 amide bonds. The van der Waals surface area contributed by atoms with Gasteiger partial charge in [0.25, 0.3) is 5.91 Å². The van der Waals surface area contributed by atoms with Gasteiger partial charge in [-0.1, -0.05) is 32.0 Å². The largest absolute Gasteiger partial charge is 0.508 e. The van der Waals surface area contributed by atoms with Crippen LogP contribution in [0.1, 0.15) is 29.8 Å². The molecule has 3 rings (SSSR count). The van der Waals surface area contributed by atoms with E-state index in [1.165, 1.54) is 0 Å². The number of carbonyl (C=O) groups is 2. The summed E-state index contributed by atoms with van der Waals surface area (Å²) in [5, 5.41) is 12.4. The van der Waals surface area contributed by atoms with E-state index < -0.39 is 6.04 Å². The van der Waals surface area contributed by atoms with Gasteiger partial charge in [0.1, 0.15) is 11.8 Å². The zero-order chi connectivity index (χ0) is 21.0. The van der Waals surface area contributed by atoms with Gasteiger partial charge in [-0.15, -0.1) is 0 Å². The zero-order valence-electron chi connectivity index (χ0n) is 17.3. The van der Waals surface area contributed by atoms with Crippen LogP contribution in [0.4, 0.5) is 5.69 Å². The number of hydrogen-bond acceptors (Lipinski definition) is 4. The van der Waals surface area contributed by atoms with Crippen molar-refractivity contribution in [1.82, 2.24) is 10.2 Å². The summed E-state index contributed by atoms with van der Waals surface area (Å²) in [6.07, 6.45) is 0. The molecule has 1 saturated heterocycles. The first-order chi connectivity index (χ1) is 13.9. The maximum absolute atomic E-state index is 13.1. The van der Waals surface area contributed by atoms with E-state index in [0.717, 1.165) is 11.3 Å². The van der Waals surface area contributed by atoms with E-state index in [1.807, 2.05) is 56.0 Å². The van der Waals surface area contributed by atoms with Crippen LogP contribution in [0.15, 0.2) is 48.5 Å². The van der Waals surface area contributed by atoms with Crippen LogP contribution < -0.4 is 10.2 Å². The molecule has 0 saturated carbocycles. The molecular weight excluding hydrogens is 366 g/mol. The Balaban J connectivity index is 1.63. The van der Waals surface area contributed by atoms with Crippen molar-refractivity contribution >= 4 is 17.5 Å². The zero-order valence-corrected chi connectivity index (χ0v) is 17.3. The van der Waals surface area contributed by atoms with Crippen LogP contribution in [0.2, 0.25) is 0 Å². The fourth-order valence-corrected chi connectivity index (χ4v) is 3.61. The minimum atomic E-state index is -0.553. The molecule has 2 aromatic carbocycles. The molecule has 0 spiro atoms. The lowest BCUT2D eigenvalue weighted by Crippen LogP contribution is -2.56. The van der Waals surface area contributed by atoms with Gasteiger partial charge in [0.05, 0.1) is 0 Å². The van der Waals surface area contributed by atoms with Crippen LogP contribution in [0.5, 0.6) is 5.75 Å². The molecule has 1 aliphatic heterocycles. The van der Waals surface area contributed by atoms with Gasteiger partial charge in [0.2, 0.25) is 5.91 Å². The number of nitrogens with one attached hydrogen (secondary N) is 1. The Labute approximate surface area is 172 Å². The monoisotopic (exact) mass is 395 g/mol. The van der Waals surface area contributed by atoms with Crippen LogP contribution in [-0.2, 0) is 4.79 Å². The number of nitrogens with zero attached hydrogens (tertiary/aromatic N) is 2. The number of aromatic hydroxyl groups is 1. The Kier molecular flexibility index (Phi) is 6.42. The van der Waals surface area contributed by atoms with Gasteiger partial charge in [-0.2, -0.15) is 0 Å². The fraction of sp³-hybridized carbons (Fsp3) is 0.391. The lowest BCUT2D eigenvalue weighted by atomic mass is 10.0. The molecule has 0 bridgehead atoms. The van der Waals surface area contributed by atoms with E-state index in [0.29, 0.717) is 31.7 Å². The number of anilines is 1. The van der Waals surface area contributed by atoms with E-state index in [1.54, 1.807) is 18.2 Å². The first-order valence-electron chi connectivity index (χ1n) is 10.1. The van der Waals surface area contributed by atoms with Gasteiger partial charge in [-0.05, 0) is 48.7 Å². The van der Waals surface area contributed by atoms with Crippen molar-refractivity contribution in [2.24, 2.45) is 5.92 Å². The first kappa shape index (κ1) is 20.7. The lowest BCUT2D eigenvalue weighted by molar-refractivity contribution is -0.134. The summed E-state index contributed by atoms with van der Waals surface area (Å²) in [5.74, 6) is -0.0116. The molecule has 154 valence electrons. The van der Waals surface area contributed by atoms with Crippen LogP contribution >= 0.6 is 0 Å². The van der Waals surface area contributed by atoms with Gasteiger partial charge >= 0.3 is 0 Å². The first-order valence-corrected chi connectivity index (χ1v) is 10.1. The quantitative estimate of drug-likeness (QED) is 0.817. The molecule has 2 N–H and O–H groups in total. The van der Waals surface area contributed by atoms with Gasteiger partial charge in [-0.3, -0.25) is 9.59 Å². The average molecular weight is 396 g/mol. The fourth-order valence-electron chi connectivity index (χ4n) is 3.61. The van der Waals surface area contributed by atoms with E-state index in [-0.39, 0.29) is 23.5 Å². The number of phenolic OH excluding ortho intramolecular Hbond substituents is 1. The van der Waals surface area contributed by atoms with E-state index >= 15 is 0 Å². The van der Waals surface area contributed by atoms with Crippen molar-refractivity contribution in [3.05, 3.63) is 59.7 Å². The molecule has 0 aromatic heterocycles. The van der Waals surface area contributed by atoms with E-state index in [9.17, 15) is 14.7 Å². The van der Waals surface area contributed by atoms with Crippen molar-refractivity contribution in [2.75, 3.05) is 31.1 Å². The maximum Gasteiger partial charge on any atom is 0.252 e. The number of aryl methyl sites for hydroxylation is 1. The van der Waals surface area contributed by atoms with Crippen molar-refractivity contribution < 1.29 is 14.7 Å². The smallest absolute Gasteiger partial charge is 0.252 e. The molecule has 1 heterocycles. The number of rotatable bonds is 5. The molecular formula is C23H29N3O3. The lowest BCUT2D eigenvalue weighted by Gasteiger charge is -2.38. The van der Waals surface area contributed by atoms with Crippen molar-refractivity contribution in [3.63, 3.8) is 0 Å². The van der Waals surface area contributed by atoms with Crippen LogP contribution in [0.3, 0.4) is 0 Å². The molecule has 6 nitrogen and oxygen atoms in total. The van der Waals surface area contributed by atoms with Crippen LogP contribution in [-0.4, -0.2) is 54.0 Å². The van der Waals surface area contributed by atoms with Crippen LogP contribution in [0, 0.1) is 12.8 Å². The summed E-state index contributed by atoms with van der Waals surface area (Å²) in [5.41, 5.74) is 2.52. The standard InChI is InChI=1S/C23H29N3O3/c1-16(2)21(24-22(28)20-7-5-4-6-17(20)3)23(29)26-14-12-25(13-15-26)18-8-10-19(27)11-9-18/h4-11,16,21,27H,12-15H2,1-3H3,(H,24,28). The predicted octanol–water partition coefficient (Wildman–Crippen LogP) is 2.80. The number of amides is 2.